The van der Waals surface area contributed by atoms with E-state index < -0.39 is 0 Å². The van der Waals surface area contributed by atoms with E-state index in [2.05, 4.69) is 90.2 Å². The lowest BCUT2D eigenvalue weighted by Crippen LogP contribution is -2.24. The Bertz CT molecular complexity index is 662. The molecule has 0 spiro atoms. The summed E-state index contributed by atoms with van der Waals surface area (Å²) in [4.78, 5) is 0. The normalized spacial score (nSPS) is 17.0. The van der Waals surface area contributed by atoms with E-state index in [1.54, 1.807) is 0 Å². The van der Waals surface area contributed by atoms with Gasteiger partial charge < -0.3 is 0 Å². The van der Waals surface area contributed by atoms with Gasteiger partial charge in [-0.15, -0.1) is 0 Å². The zero-order valence-electron chi connectivity index (χ0n) is 19.7. The topological polar surface area (TPSA) is 0 Å². The van der Waals surface area contributed by atoms with E-state index in [4.69, 9.17) is 0 Å². The summed E-state index contributed by atoms with van der Waals surface area (Å²) >= 11 is 2.75. The first-order chi connectivity index (χ1) is 15.2. The van der Waals surface area contributed by atoms with E-state index >= 15 is 0 Å². The van der Waals surface area contributed by atoms with E-state index in [9.17, 15) is 0 Å². The van der Waals surface area contributed by atoms with Gasteiger partial charge in [-0.25, -0.2) is 0 Å². The molecule has 2 aromatic rings. The molecule has 0 amide bonds. The van der Waals surface area contributed by atoms with Crippen LogP contribution in [0.4, 0.5) is 0 Å². The Hall–Kier alpha value is -0.830. The second-order valence-corrected chi connectivity index (χ2v) is 11.7. The van der Waals surface area contributed by atoms with E-state index in [1.807, 2.05) is 0 Å². The van der Waals surface area contributed by atoms with Crippen LogP contribution in [0.5, 0.6) is 0 Å². The van der Waals surface area contributed by atoms with Gasteiger partial charge in [-0.1, -0.05) is 135 Å². The highest BCUT2D eigenvalue weighted by atomic mass is 127. The summed E-state index contributed by atoms with van der Waals surface area (Å²) in [6.07, 6.45) is 20.1. The van der Waals surface area contributed by atoms with Crippen molar-refractivity contribution in [1.29, 1.82) is 0 Å². The average molecular weight is 531 g/mol. The van der Waals surface area contributed by atoms with Crippen LogP contribution >= 0.6 is 22.6 Å². The van der Waals surface area contributed by atoms with E-state index in [0.717, 1.165) is 3.92 Å². The van der Waals surface area contributed by atoms with Crippen molar-refractivity contribution in [3.8, 4) is 0 Å². The number of unbranched alkanes of at least 4 members (excludes halogenated alkanes) is 2. The van der Waals surface area contributed by atoms with Gasteiger partial charge in [0.1, 0.15) is 0 Å². The Kier molecular flexibility index (Phi) is 10.9. The van der Waals surface area contributed by atoms with E-state index in [1.165, 1.54) is 101 Å². The van der Waals surface area contributed by atoms with Crippen LogP contribution in [0, 0.1) is 5.41 Å². The zero-order chi connectivity index (χ0) is 21.8. The molecule has 1 fully saturated rings. The Morgan fingerprint density at radius 2 is 1.29 bits per heavy atom. The molecule has 1 heteroatoms. The minimum atomic E-state index is 0.526. The van der Waals surface area contributed by atoms with Crippen LogP contribution in [-0.4, -0.2) is 3.92 Å². The van der Waals surface area contributed by atoms with Gasteiger partial charge >= 0.3 is 0 Å². The predicted molar refractivity (Wildman–Crippen MR) is 145 cm³/mol. The smallest absolute Gasteiger partial charge is 0.0110 e. The molecule has 2 aromatic carbocycles. The molecule has 1 unspecified atom stereocenters. The molecule has 0 saturated heterocycles. The lowest BCUT2D eigenvalue weighted by molar-refractivity contribution is 0.147. The van der Waals surface area contributed by atoms with Crippen molar-refractivity contribution in [3.63, 3.8) is 0 Å². The van der Waals surface area contributed by atoms with Crippen LogP contribution in [0.1, 0.15) is 114 Å². The lowest BCUT2D eigenvalue weighted by atomic mass is 9.68. The highest BCUT2D eigenvalue weighted by Crippen LogP contribution is 2.45. The van der Waals surface area contributed by atoms with Gasteiger partial charge in [0.15, 0.2) is 0 Å². The Labute approximate surface area is 205 Å². The predicted octanol–water partition coefficient (Wildman–Crippen LogP) is 10.1. The van der Waals surface area contributed by atoms with Crippen LogP contribution < -0.4 is 0 Å². The summed E-state index contributed by atoms with van der Waals surface area (Å²) in [5.41, 5.74) is 3.63. The molecule has 0 bridgehead atoms. The molecule has 0 nitrogen and oxygen atoms in total. The van der Waals surface area contributed by atoms with Gasteiger partial charge in [0, 0.05) is 9.84 Å². The molecule has 31 heavy (non-hydrogen) atoms. The van der Waals surface area contributed by atoms with Crippen LogP contribution in [0.2, 0.25) is 0 Å². The molecule has 0 radical (unpaired) electrons. The van der Waals surface area contributed by atoms with Crippen molar-refractivity contribution < 1.29 is 0 Å². The molecular weight excluding hydrogens is 487 g/mol. The third-order valence-corrected chi connectivity index (χ3v) is 8.87. The third kappa shape index (κ3) is 8.22. The molecule has 170 valence electrons. The maximum absolute atomic E-state index is 2.75. The highest BCUT2D eigenvalue weighted by Gasteiger charge is 2.31. The van der Waals surface area contributed by atoms with Gasteiger partial charge in [0.25, 0.3) is 0 Å². The van der Waals surface area contributed by atoms with Gasteiger partial charge in [-0.3, -0.25) is 0 Å². The van der Waals surface area contributed by atoms with Crippen molar-refractivity contribution in [1.82, 2.24) is 0 Å². The summed E-state index contributed by atoms with van der Waals surface area (Å²) < 4.78 is 0.795. The van der Waals surface area contributed by atoms with Crippen molar-refractivity contribution in [2.45, 2.75) is 107 Å². The number of hydrogen-bond donors (Lipinski definition) is 0. The molecule has 1 aliphatic carbocycles. The van der Waals surface area contributed by atoms with Crippen molar-refractivity contribution >= 4 is 22.6 Å². The standard InChI is InChI=1S/C30H43I/c1-2-3-11-22-30(23-12-6-13-24-30)25-14-19-28(31)20-21-29(26-15-7-4-8-16-26)27-17-9-5-10-18-27/h4-5,7-10,15-18,28-29H,2-3,6,11-14,19-25H2,1H3. The van der Waals surface area contributed by atoms with Gasteiger partial charge in [0.05, 0.1) is 0 Å². The van der Waals surface area contributed by atoms with E-state index in [-0.39, 0.29) is 0 Å². The van der Waals surface area contributed by atoms with Crippen LogP contribution in [-0.2, 0) is 0 Å². The fourth-order valence-electron chi connectivity index (χ4n) is 5.76. The molecule has 0 heterocycles. The highest BCUT2D eigenvalue weighted by molar-refractivity contribution is 14.1. The van der Waals surface area contributed by atoms with Gasteiger partial charge in [-0.2, -0.15) is 0 Å². The molecule has 1 aliphatic rings. The van der Waals surface area contributed by atoms with Crippen LogP contribution in [0.15, 0.2) is 60.7 Å². The quantitative estimate of drug-likeness (QED) is 0.137. The monoisotopic (exact) mass is 530 g/mol. The minimum absolute atomic E-state index is 0.526. The number of benzene rings is 2. The van der Waals surface area contributed by atoms with Crippen LogP contribution in [0.3, 0.4) is 0 Å². The SMILES string of the molecule is CCCCCC1(CCCC(I)CCC(c2ccccc2)c2ccccc2)CCCCC1. The molecule has 0 aromatic heterocycles. The van der Waals surface area contributed by atoms with Crippen LogP contribution in [0.25, 0.3) is 0 Å². The average Bonchev–Trinajstić information content (AvgIpc) is 2.81. The maximum atomic E-state index is 2.75. The largest absolute Gasteiger partial charge is 0.0826 e. The van der Waals surface area contributed by atoms with Crippen molar-refractivity contribution in [3.05, 3.63) is 71.8 Å². The second-order valence-electron chi connectivity index (χ2n) is 9.96. The first-order valence-electron chi connectivity index (χ1n) is 13.0. The molecule has 1 atom stereocenters. The number of hydrogen-bond acceptors (Lipinski definition) is 0. The summed E-state index contributed by atoms with van der Waals surface area (Å²) in [5, 5.41) is 0. The molecule has 0 aliphatic heterocycles. The first kappa shape index (κ1) is 24.8. The molecule has 0 N–H and O–H groups in total. The first-order valence-corrected chi connectivity index (χ1v) is 14.2. The Balaban J connectivity index is 1.50. The molecule has 3 rings (SSSR count). The Morgan fingerprint density at radius 3 is 1.87 bits per heavy atom. The van der Waals surface area contributed by atoms with Crippen molar-refractivity contribution in [2.75, 3.05) is 0 Å². The third-order valence-electron chi connectivity index (χ3n) is 7.62. The van der Waals surface area contributed by atoms with Gasteiger partial charge in [-0.05, 0) is 61.5 Å². The molecular formula is C30H43I. The summed E-state index contributed by atoms with van der Waals surface area (Å²) in [5.74, 6) is 0.526. The zero-order valence-corrected chi connectivity index (χ0v) is 21.9. The molecule has 1 saturated carbocycles. The summed E-state index contributed by atoms with van der Waals surface area (Å²) in [7, 11) is 0. The summed E-state index contributed by atoms with van der Waals surface area (Å²) in [6.45, 7) is 2.34. The lowest BCUT2D eigenvalue weighted by Gasteiger charge is -2.38. The summed E-state index contributed by atoms with van der Waals surface area (Å²) in [6, 6.07) is 22.3. The van der Waals surface area contributed by atoms with Crippen molar-refractivity contribution in [2.24, 2.45) is 5.41 Å². The maximum Gasteiger partial charge on any atom is 0.0110 e. The van der Waals surface area contributed by atoms with E-state index in [0.29, 0.717) is 11.3 Å². The fraction of sp³-hybridized carbons (Fsp3) is 0.600. The second kappa shape index (κ2) is 13.7. The number of rotatable bonds is 13. The van der Waals surface area contributed by atoms with Gasteiger partial charge in [0.2, 0.25) is 0 Å². The Morgan fingerprint density at radius 1 is 0.710 bits per heavy atom. The fourth-order valence-corrected chi connectivity index (χ4v) is 6.56. The minimum Gasteiger partial charge on any atom is -0.0826 e. The number of halogens is 1. The number of alkyl halides is 1.